The third-order valence-electron chi connectivity index (χ3n) is 3.40. The molecule has 3 N–H and O–H groups in total. The van der Waals surface area contributed by atoms with E-state index in [1.807, 2.05) is 0 Å². The Balaban J connectivity index is 2.11. The molecule has 0 aliphatic carbocycles. The zero-order valence-electron chi connectivity index (χ0n) is 13.0. The molecule has 24 heavy (non-hydrogen) atoms. The van der Waals surface area contributed by atoms with Crippen molar-refractivity contribution >= 4 is 40.3 Å². The molecule has 0 unspecified atom stereocenters. The van der Waals surface area contributed by atoms with Crippen molar-refractivity contribution in [3.63, 3.8) is 0 Å². The van der Waals surface area contributed by atoms with Gasteiger partial charge in [-0.2, -0.15) is 0 Å². The Labute approximate surface area is 142 Å². The Morgan fingerprint density at radius 2 is 2.04 bits per heavy atom. The highest BCUT2D eigenvalue weighted by molar-refractivity contribution is 6.30. The maximum Gasteiger partial charge on any atom is 0.253 e. The molecule has 0 aliphatic rings. The molecule has 122 valence electrons. The Bertz CT molecular complexity index is 951. The maximum atomic E-state index is 12.0. The van der Waals surface area contributed by atoms with Gasteiger partial charge in [0.2, 0.25) is 5.91 Å². The van der Waals surface area contributed by atoms with Gasteiger partial charge in [-0.25, -0.2) is 9.97 Å². The fraction of sp³-hybridized carbons (Fsp3) is 0.125. The molecule has 0 fully saturated rings. The van der Waals surface area contributed by atoms with Crippen LogP contribution in [0.25, 0.3) is 22.3 Å². The molecular formula is C16H14ClN5O2. The van der Waals surface area contributed by atoms with E-state index in [1.54, 1.807) is 31.4 Å². The van der Waals surface area contributed by atoms with Crippen LogP contribution < -0.4 is 10.6 Å². The zero-order valence-corrected chi connectivity index (χ0v) is 13.7. The van der Waals surface area contributed by atoms with Crippen molar-refractivity contribution in [3.8, 4) is 11.3 Å². The Morgan fingerprint density at radius 3 is 2.75 bits per heavy atom. The first-order chi connectivity index (χ1) is 11.5. The number of halogens is 1. The fourth-order valence-corrected chi connectivity index (χ4v) is 2.59. The normalized spacial score (nSPS) is 10.6. The van der Waals surface area contributed by atoms with Gasteiger partial charge in [0.25, 0.3) is 5.91 Å². The summed E-state index contributed by atoms with van der Waals surface area (Å²) < 4.78 is 0. The smallest absolute Gasteiger partial charge is 0.253 e. The number of pyridine rings is 2. The summed E-state index contributed by atoms with van der Waals surface area (Å²) in [7, 11) is 1.55. The highest BCUT2D eigenvalue weighted by atomic mass is 35.5. The summed E-state index contributed by atoms with van der Waals surface area (Å²) in [6, 6.07) is 6.82. The van der Waals surface area contributed by atoms with E-state index in [2.05, 4.69) is 25.6 Å². The molecule has 7 nitrogen and oxygen atoms in total. The van der Waals surface area contributed by atoms with Gasteiger partial charge in [-0.15, -0.1) is 0 Å². The Morgan fingerprint density at radius 1 is 1.25 bits per heavy atom. The lowest BCUT2D eigenvalue weighted by molar-refractivity contribution is -0.114. The van der Waals surface area contributed by atoms with Crippen molar-refractivity contribution < 1.29 is 9.59 Å². The number of nitrogens with one attached hydrogen (secondary N) is 3. The number of hydrogen-bond donors (Lipinski definition) is 3. The van der Waals surface area contributed by atoms with Gasteiger partial charge in [-0.1, -0.05) is 11.6 Å². The number of hydrogen-bond acceptors (Lipinski definition) is 4. The van der Waals surface area contributed by atoms with Gasteiger partial charge in [0, 0.05) is 31.4 Å². The fourth-order valence-electron chi connectivity index (χ4n) is 2.39. The van der Waals surface area contributed by atoms with E-state index in [4.69, 9.17) is 11.6 Å². The molecule has 0 radical (unpaired) electrons. The number of amides is 2. The topological polar surface area (TPSA) is 99.8 Å². The van der Waals surface area contributed by atoms with E-state index in [0.29, 0.717) is 22.4 Å². The first-order valence-electron chi connectivity index (χ1n) is 7.13. The molecule has 0 saturated carbocycles. The average Bonchev–Trinajstić information content (AvgIpc) is 2.96. The molecule has 3 aromatic rings. The minimum atomic E-state index is -0.258. The number of fused-ring (bicyclic) bond motifs is 1. The Hall–Kier alpha value is -2.93. The predicted molar refractivity (Wildman–Crippen MR) is 92.0 cm³/mol. The van der Waals surface area contributed by atoms with Crippen molar-refractivity contribution in [2.75, 3.05) is 12.4 Å². The minimum absolute atomic E-state index is 0.202. The van der Waals surface area contributed by atoms with Crippen molar-refractivity contribution in [2.45, 2.75) is 6.92 Å². The monoisotopic (exact) mass is 343 g/mol. The third-order valence-corrected chi connectivity index (χ3v) is 3.60. The van der Waals surface area contributed by atoms with E-state index in [0.717, 1.165) is 11.3 Å². The molecular weight excluding hydrogens is 330 g/mol. The highest BCUT2D eigenvalue weighted by Crippen LogP contribution is 2.27. The lowest BCUT2D eigenvalue weighted by atomic mass is 10.2. The lowest BCUT2D eigenvalue weighted by Gasteiger charge is -2.03. The molecule has 3 heterocycles. The maximum absolute atomic E-state index is 12.0. The van der Waals surface area contributed by atoms with Gasteiger partial charge >= 0.3 is 0 Å². The van der Waals surface area contributed by atoms with Gasteiger partial charge in [0.05, 0.1) is 16.6 Å². The average molecular weight is 344 g/mol. The van der Waals surface area contributed by atoms with Crippen LogP contribution in [0.4, 0.5) is 5.82 Å². The number of carbonyl (C=O) groups is 2. The van der Waals surface area contributed by atoms with Crippen LogP contribution in [0.3, 0.4) is 0 Å². The molecule has 0 saturated heterocycles. The van der Waals surface area contributed by atoms with Crippen LogP contribution in [-0.2, 0) is 4.79 Å². The molecule has 8 heteroatoms. The number of nitrogens with zero attached hydrogens (tertiary/aromatic N) is 2. The molecule has 0 aromatic carbocycles. The zero-order chi connectivity index (χ0) is 17.3. The number of anilines is 1. The summed E-state index contributed by atoms with van der Waals surface area (Å²) >= 11 is 6.00. The molecule has 0 bridgehead atoms. The van der Waals surface area contributed by atoms with E-state index in [9.17, 15) is 9.59 Å². The van der Waals surface area contributed by atoms with Gasteiger partial charge in [-0.3, -0.25) is 9.59 Å². The first kappa shape index (κ1) is 15.9. The van der Waals surface area contributed by atoms with E-state index in [-0.39, 0.29) is 17.0 Å². The minimum Gasteiger partial charge on any atom is -0.355 e. The predicted octanol–water partition coefficient (Wildman–Crippen LogP) is 2.60. The lowest BCUT2D eigenvalue weighted by Crippen LogP contribution is -2.18. The summed E-state index contributed by atoms with van der Waals surface area (Å²) in [5, 5.41) is 5.45. The second-order valence-corrected chi connectivity index (χ2v) is 5.51. The van der Waals surface area contributed by atoms with Crippen LogP contribution in [0.5, 0.6) is 0 Å². The van der Waals surface area contributed by atoms with Crippen LogP contribution in [0, 0.1) is 0 Å². The van der Waals surface area contributed by atoms with Crippen LogP contribution in [0.2, 0.25) is 5.15 Å². The number of H-pyrrole nitrogens is 1. The highest BCUT2D eigenvalue weighted by Gasteiger charge is 2.15. The number of carbonyl (C=O) groups excluding carboxylic acids is 2. The van der Waals surface area contributed by atoms with E-state index >= 15 is 0 Å². The second kappa shape index (κ2) is 6.29. The van der Waals surface area contributed by atoms with E-state index < -0.39 is 0 Å². The van der Waals surface area contributed by atoms with Crippen molar-refractivity contribution in [2.24, 2.45) is 0 Å². The van der Waals surface area contributed by atoms with Crippen molar-refractivity contribution in [1.82, 2.24) is 20.3 Å². The second-order valence-electron chi connectivity index (χ2n) is 5.13. The van der Waals surface area contributed by atoms with Gasteiger partial charge in [0.1, 0.15) is 11.0 Å². The van der Waals surface area contributed by atoms with Gasteiger partial charge in [0.15, 0.2) is 0 Å². The largest absolute Gasteiger partial charge is 0.355 e. The van der Waals surface area contributed by atoms with Gasteiger partial charge in [-0.05, 0) is 24.3 Å². The molecule has 0 aliphatic heterocycles. The SMILES string of the molecule is CNC(=O)c1cc(Cl)nc2cc(-c3ccnc(NC(C)=O)c3)[nH]c12. The molecule has 0 atom stereocenters. The standard InChI is InChI=1S/C16H14ClN5O2/c1-8(23)20-14-5-9(3-4-19-14)11-7-12-15(22-11)10(16(24)18-2)6-13(17)21-12/h3-7,22H,1-2H3,(H,18,24)(H,19,20,23). The summed E-state index contributed by atoms with van der Waals surface area (Å²) in [6.07, 6.45) is 1.59. The number of aromatic amines is 1. The van der Waals surface area contributed by atoms with Crippen LogP contribution in [0.1, 0.15) is 17.3 Å². The number of aromatic nitrogens is 3. The molecule has 0 spiro atoms. The number of rotatable bonds is 3. The van der Waals surface area contributed by atoms with Gasteiger partial charge < -0.3 is 15.6 Å². The summed E-state index contributed by atoms with van der Waals surface area (Å²) in [4.78, 5) is 34.7. The summed E-state index contributed by atoms with van der Waals surface area (Å²) in [5.41, 5.74) is 3.11. The molecule has 3 rings (SSSR count). The van der Waals surface area contributed by atoms with Crippen LogP contribution in [0.15, 0.2) is 30.5 Å². The Kier molecular flexibility index (Phi) is 4.18. The quantitative estimate of drug-likeness (QED) is 0.636. The summed E-state index contributed by atoms with van der Waals surface area (Å²) in [6.45, 7) is 1.42. The van der Waals surface area contributed by atoms with E-state index in [1.165, 1.54) is 13.0 Å². The van der Waals surface area contributed by atoms with Crippen LogP contribution >= 0.6 is 11.6 Å². The van der Waals surface area contributed by atoms with Crippen molar-refractivity contribution in [3.05, 3.63) is 41.2 Å². The third kappa shape index (κ3) is 3.07. The van der Waals surface area contributed by atoms with Crippen molar-refractivity contribution in [1.29, 1.82) is 0 Å². The van der Waals surface area contributed by atoms with Crippen LogP contribution in [-0.4, -0.2) is 33.8 Å². The molecule has 3 aromatic heterocycles. The first-order valence-corrected chi connectivity index (χ1v) is 7.51. The molecule has 2 amide bonds. The summed E-state index contributed by atoms with van der Waals surface area (Å²) in [5.74, 6) is -0.0193.